The molecule has 0 amide bonds. The van der Waals surface area contributed by atoms with Gasteiger partial charge in [0.1, 0.15) is 0 Å². The SMILES string of the molecule is COc1cc(C(=O)c2cc(-c3ccccc3)ccc2-n2ccnn2)cc(OC)c1OC. The Balaban J connectivity index is 1.88. The zero-order valence-corrected chi connectivity index (χ0v) is 17.4. The molecule has 0 aliphatic rings. The molecular weight excluding hydrogens is 394 g/mol. The number of carbonyl (C=O) groups excluding carboxylic acids is 1. The minimum Gasteiger partial charge on any atom is -0.493 e. The summed E-state index contributed by atoms with van der Waals surface area (Å²) in [5, 5.41) is 7.94. The monoisotopic (exact) mass is 415 g/mol. The zero-order chi connectivity index (χ0) is 21.8. The summed E-state index contributed by atoms with van der Waals surface area (Å²) in [6.07, 6.45) is 3.27. The number of nitrogens with zero attached hydrogens (tertiary/aromatic N) is 3. The average molecular weight is 415 g/mol. The van der Waals surface area contributed by atoms with Crippen LogP contribution in [0.15, 0.2) is 73.1 Å². The Morgan fingerprint density at radius 1 is 0.839 bits per heavy atom. The molecule has 0 bridgehead atoms. The number of hydrogen-bond donors (Lipinski definition) is 0. The molecule has 0 aliphatic carbocycles. The van der Waals surface area contributed by atoms with E-state index in [4.69, 9.17) is 14.2 Å². The third kappa shape index (κ3) is 3.85. The first kappa shape index (κ1) is 20.2. The second kappa shape index (κ2) is 8.71. The highest BCUT2D eigenvalue weighted by molar-refractivity contribution is 6.12. The van der Waals surface area contributed by atoms with E-state index >= 15 is 0 Å². The minimum absolute atomic E-state index is 0.206. The fraction of sp³-hybridized carbons (Fsp3) is 0.125. The van der Waals surface area contributed by atoms with Crippen molar-refractivity contribution in [1.29, 1.82) is 0 Å². The molecule has 0 radical (unpaired) electrons. The first-order valence-corrected chi connectivity index (χ1v) is 9.57. The zero-order valence-electron chi connectivity index (χ0n) is 17.4. The molecule has 0 fully saturated rings. The van der Waals surface area contributed by atoms with Gasteiger partial charge in [0.25, 0.3) is 0 Å². The Hall–Kier alpha value is -4.13. The van der Waals surface area contributed by atoms with Crippen molar-refractivity contribution in [2.24, 2.45) is 0 Å². The number of ether oxygens (including phenoxy) is 3. The van der Waals surface area contributed by atoms with Gasteiger partial charge in [0.15, 0.2) is 17.3 Å². The molecule has 0 aliphatic heterocycles. The molecule has 4 aromatic rings. The standard InChI is InChI=1S/C24H21N3O4/c1-29-21-14-18(15-22(30-2)24(21)31-3)23(28)19-13-17(16-7-5-4-6-8-16)9-10-20(19)27-12-11-25-26-27/h4-15H,1-3H3. The van der Waals surface area contributed by atoms with E-state index < -0.39 is 0 Å². The molecule has 0 spiro atoms. The Bertz CT molecular complexity index is 1180. The average Bonchev–Trinajstić information content (AvgIpc) is 3.37. The van der Waals surface area contributed by atoms with Gasteiger partial charge in [0, 0.05) is 11.1 Å². The lowest BCUT2D eigenvalue weighted by Crippen LogP contribution is -2.09. The van der Waals surface area contributed by atoms with E-state index in [-0.39, 0.29) is 5.78 Å². The Morgan fingerprint density at radius 3 is 2.13 bits per heavy atom. The van der Waals surface area contributed by atoms with Crippen molar-refractivity contribution in [2.75, 3.05) is 21.3 Å². The normalized spacial score (nSPS) is 10.5. The van der Waals surface area contributed by atoms with Gasteiger partial charge in [-0.2, -0.15) is 0 Å². The molecule has 3 aromatic carbocycles. The van der Waals surface area contributed by atoms with Crippen molar-refractivity contribution in [3.8, 4) is 34.1 Å². The Kier molecular flexibility index (Phi) is 5.66. The van der Waals surface area contributed by atoms with Crippen LogP contribution in [-0.4, -0.2) is 42.1 Å². The summed E-state index contributed by atoms with van der Waals surface area (Å²) in [5.74, 6) is 1.04. The van der Waals surface area contributed by atoms with Crippen molar-refractivity contribution in [3.63, 3.8) is 0 Å². The third-order valence-electron chi connectivity index (χ3n) is 4.94. The molecule has 0 unspecified atom stereocenters. The van der Waals surface area contributed by atoms with Crippen LogP contribution in [0.3, 0.4) is 0 Å². The van der Waals surface area contributed by atoms with E-state index in [0.717, 1.165) is 11.1 Å². The summed E-state index contributed by atoms with van der Waals surface area (Å²) in [6.45, 7) is 0. The van der Waals surface area contributed by atoms with Crippen molar-refractivity contribution < 1.29 is 19.0 Å². The van der Waals surface area contributed by atoms with Crippen molar-refractivity contribution in [3.05, 3.63) is 84.2 Å². The first-order chi connectivity index (χ1) is 15.2. The molecule has 7 heteroatoms. The quantitative estimate of drug-likeness (QED) is 0.421. The van der Waals surface area contributed by atoms with E-state index in [1.54, 1.807) is 29.2 Å². The summed E-state index contributed by atoms with van der Waals surface area (Å²) in [5.41, 5.74) is 3.42. The molecule has 0 saturated heterocycles. The number of benzene rings is 3. The number of carbonyl (C=O) groups is 1. The highest BCUT2D eigenvalue weighted by Crippen LogP contribution is 2.39. The third-order valence-corrected chi connectivity index (χ3v) is 4.94. The minimum atomic E-state index is -0.206. The van der Waals surface area contributed by atoms with Crippen LogP contribution in [0.25, 0.3) is 16.8 Å². The van der Waals surface area contributed by atoms with Crippen LogP contribution in [-0.2, 0) is 0 Å². The van der Waals surface area contributed by atoms with Gasteiger partial charge < -0.3 is 14.2 Å². The van der Waals surface area contributed by atoms with Crippen LogP contribution in [0, 0.1) is 0 Å². The van der Waals surface area contributed by atoms with E-state index in [0.29, 0.717) is 34.1 Å². The summed E-state index contributed by atoms with van der Waals surface area (Å²) in [4.78, 5) is 13.7. The molecular formula is C24H21N3O4. The van der Waals surface area contributed by atoms with Crippen LogP contribution in [0.1, 0.15) is 15.9 Å². The highest BCUT2D eigenvalue weighted by Gasteiger charge is 2.21. The topological polar surface area (TPSA) is 75.5 Å². The Morgan fingerprint density at radius 2 is 1.55 bits per heavy atom. The van der Waals surface area contributed by atoms with Gasteiger partial charge in [0.05, 0.1) is 39.4 Å². The predicted octanol–water partition coefficient (Wildman–Crippen LogP) is 4.19. The lowest BCUT2D eigenvalue weighted by atomic mass is 9.96. The smallest absolute Gasteiger partial charge is 0.203 e. The summed E-state index contributed by atoms with van der Waals surface area (Å²) in [7, 11) is 4.55. The fourth-order valence-corrected chi connectivity index (χ4v) is 3.43. The predicted molar refractivity (Wildman–Crippen MR) is 116 cm³/mol. The maximum atomic E-state index is 13.7. The van der Waals surface area contributed by atoms with E-state index in [1.165, 1.54) is 21.3 Å². The number of ketones is 1. The van der Waals surface area contributed by atoms with Crippen LogP contribution in [0.2, 0.25) is 0 Å². The van der Waals surface area contributed by atoms with Crippen LogP contribution >= 0.6 is 0 Å². The van der Waals surface area contributed by atoms with Crippen molar-refractivity contribution >= 4 is 5.78 Å². The van der Waals surface area contributed by atoms with Crippen LogP contribution in [0.5, 0.6) is 17.2 Å². The van der Waals surface area contributed by atoms with Crippen LogP contribution in [0.4, 0.5) is 0 Å². The van der Waals surface area contributed by atoms with E-state index in [1.807, 2.05) is 48.5 Å². The maximum Gasteiger partial charge on any atom is 0.203 e. The lowest BCUT2D eigenvalue weighted by Gasteiger charge is -2.15. The second-order valence-electron chi connectivity index (χ2n) is 6.69. The van der Waals surface area contributed by atoms with Crippen LogP contribution < -0.4 is 14.2 Å². The van der Waals surface area contributed by atoms with Gasteiger partial charge in [-0.25, -0.2) is 4.68 Å². The van der Waals surface area contributed by atoms with Gasteiger partial charge >= 0.3 is 0 Å². The maximum absolute atomic E-state index is 13.7. The van der Waals surface area contributed by atoms with E-state index in [2.05, 4.69) is 10.3 Å². The second-order valence-corrected chi connectivity index (χ2v) is 6.69. The summed E-state index contributed by atoms with van der Waals surface area (Å²) < 4.78 is 17.8. The van der Waals surface area contributed by atoms with Gasteiger partial charge in [-0.3, -0.25) is 4.79 Å². The van der Waals surface area contributed by atoms with Crippen molar-refractivity contribution in [2.45, 2.75) is 0 Å². The molecule has 0 atom stereocenters. The lowest BCUT2D eigenvalue weighted by molar-refractivity contribution is 0.103. The molecule has 156 valence electrons. The van der Waals surface area contributed by atoms with Gasteiger partial charge in [-0.05, 0) is 35.4 Å². The summed E-state index contributed by atoms with van der Waals surface area (Å²) in [6, 6.07) is 18.8. The molecule has 7 nitrogen and oxygen atoms in total. The van der Waals surface area contributed by atoms with Gasteiger partial charge in [0.2, 0.25) is 5.75 Å². The number of rotatable bonds is 7. The summed E-state index contributed by atoms with van der Waals surface area (Å²) >= 11 is 0. The Labute approximate surface area is 179 Å². The van der Waals surface area contributed by atoms with E-state index in [9.17, 15) is 4.79 Å². The molecule has 4 rings (SSSR count). The number of aromatic nitrogens is 3. The highest BCUT2D eigenvalue weighted by atomic mass is 16.5. The largest absolute Gasteiger partial charge is 0.493 e. The fourth-order valence-electron chi connectivity index (χ4n) is 3.43. The number of hydrogen-bond acceptors (Lipinski definition) is 6. The molecule has 31 heavy (non-hydrogen) atoms. The first-order valence-electron chi connectivity index (χ1n) is 9.57. The van der Waals surface area contributed by atoms with Crippen molar-refractivity contribution in [1.82, 2.24) is 15.0 Å². The van der Waals surface area contributed by atoms with Gasteiger partial charge in [-0.15, -0.1) is 5.10 Å². The molecule has 0 saturated carbocycles. The van der Waals surface area contributed by atoms with Gasteiger partial charge in [-0.1, -0.05) is 41.6 Å². The molecule has 1 heterocycles. The number of methoxy groups -OCH3 is 3. The molecule has 1 aromatic heterocycles. The molecule has 0 N–H and O–H groups in total.